The van der Waals surface area contributed by atoms with Gasteiger partial charge in [-0.2, -0.15) is 0 Å². The predicted octanol–water partition coefficient (Wildman–Crippen LogP) is 0.442. The smallest absolute Gasteiger partial charge is 0.262 e. The van der Waals surface area contributed by atoms with Gasteiger partial charge in [-0.25, -0.2) is 8.78 Å². The molecule has 0 unspecified atom stereocenters. The van der Waals surface area contributed by atoms with Crippen LogP contribution in [0.4, 0.5) is 8.78 Å². The Morgan fingerprint density at radius 2 is 1.90 bits per heavy atom. The SMILES string of the molecule is COCCNC(=O)CN(C)C(=O)[C@@H]1CC(F)(F)CN1C1CN(C(=O)c2ccccc2)C1. The summed E-state index contributed by atoms with van der Waals surface area (Å²) in [4.78, 5) is 41.5. The number of hydrogen-bond donors (Lipinski definition) is 1. The minimum absolute atomic E-state index is 0.157. The van der Waals surface area contributed by atoms with Crippen molar-refractivity contribution in [3.63, 3.8) is 0 Å². The molecule has 2 saturated heterocycles. The summed E-state index contributed by atoms with van der Waals surface area (Å²) in [5.41, 5.74) is 0.541. The predicted molar refractivity (Wildman–Crippen MR) is 109 cm³/mol. The van der Waals surface area contributed by atoms with Crippen LogP contribution in [0.1, 0.15) is 16.8 Å². The Hall–Kier alpha value is -2.59. The monoisotopic (exact) mass is 438 g/mol. The molecular weight excluding hydrogens is 410 g/mol. The molecule has 1 N–H and O–H groups in total. The lowest BCUT2D eigenvalue weighted by Crippen LogP contribution is -2.63. The third kappa shape index (κ3) is 5.56. The van der Waals surface area contributed by atoms with E-state index in [4.69, 9.17) is 4.74 Å². The van der Waals surface area contributed by atoms with Gasteiger partial charge in [0.05, 0.1) is 25.7 Å². The van der Waals surface area contributed by atoms with Gasteiger partial charge in [-0.1, -0.05) is 18.2 Å². The normalized spacial score (nSPS) is 20.9. The van der Waals surface area contributed by atoms with Crippen LogP contribution >= 0.6 is 0 Å². The first-order chi connectivity index (χ1) is 14.7. The number of nitrogens with zero attached hydrogens (tertiary/aromatic N) is 3. The molecule has 1 aromatic rings. The van der Waals surface area contributed by atoms with Crippen molar-refractivity contribution in [1.29, 1.82) is 0 Å². The van der Waals surface area contributed by atoms with E-state index in [0.29, 0.717) is 18.7 Å². The Kier molecular flexibility index (Phi) is 7.22. The van der Waals surface area contributed by atoms with Gasteiger partial charge < -0.3 is 19.9 Å². The minimum Gasteiger partial charge on any atom is -0.383 e. The molecule has 3 amide bonds. The third-order valence-electron chi connectivity index (χ3n) is 5.62. The lowest BCUT2D eigenvalue weighted by molar-refractivity contribution is -0.140. The van der Waals surface area contributed by atoms with Gasteiger partial charge in [-0.05, 0) is 12.1 Å². The van der Waals surface area contributed by atoms with Gasteiger partial charge in [0, 0.05) is 51.8 Å². The molecule has 10 heteroatoms. The highest BCUT2D eigenvalue weighted by atomic mass is 19.3. The van der Waals surface area contributed by atoms with Crippen molar-refractivity contribution < 1.29 is 27.9 Å². The maximum Gasteiger partial charge on any atom is 0.262 e. The van der Waals surface area contributed by atoms with Crippen molar-refractivity contribution in [2.24, 2.45) is 0 Å². The molecule has 8 nitrogen and oxygen atoms in total. The van der Waals surface area contributed by atoms with Crippen LogP contribution in [0.25, 0.3) is 0 Å². The number of hydrogen-bond acceptors (Lipinski definition) is 5. The zero-order valence-corrected chi connectivity index (χ0v) is 17.7. The van der Waals surface area contributed by atoms with Crippen LogP contribution in [0.3, 0.4) is 0 Å². The van der Waals surface area contributed by atoms with Gasteiger partial charge in [-0.3, -0.25) is 19.3 Å². The molecule has 2 fully saturated rings. The van der Waals surface area contributed by atoms with Crippen molar-refractivity contribution >= 4 is 17.7 Å². The van der Waals surface area contributed by atoms with E-state index in [0.717, 1.165) is 0 Å². The Morgan fingerprint density at radius 1 is 1.23 bits per heavy atom. The number of carbonyl (C=O) groups is 3. The summed E-state index contributed by atoms with van der Waals surface area (Å²) in [5, 5.41) is 2.60. The lowest BCUT2D eigenvalue weighted by atomic mass is 10.0. The number of rotatable bonds is 8. The van der Waals surface area contributed by atoms with E-state index in [1.165, 1.54) is 24.0 Å². The second-order valence-electron chi connectivity index (χ2n) is 8.02. The average molecular weight is 438 g/mol. The molecule has 0 spiro atoms. The summed E-state index contributed by atoms with van der Waals surface area (Å²) >= 11 is 0. The molecular formula is C21H28F2N4O4. The van der Waals surface area contributed by atoms with E-state index in [9.17, 15) is 23.2 Å². The molecule has 2 heterocycles. The highest BCUT2D eigenvalue weighted by molar-refractivity contribution is 5.94. The quantitative estimate of drug-likeness (QED) is 0.596. The van der Waals surface area contributed by atoms with Crippen LogP contribution < -0.4 is 5.32 Å². The number of likely N-dealkylation sites (N-methyl/N-ethyl adjacent to an activating group) is 1. The molecule has 0 saturated carbocycles. The van der Waals surface area contributed by atoms with Crippen molar-refractivity contribution in [3.05, 3.63) is 35.9 Å². The maximum atomic E-state index is 14.2. The van der Waals surface area contributed by atoms with Crippen LogP contribution in [0.5, 0.6) is 0 Å². The molecule has 2 aliphatic rings. The van der Waals surface area contributed by atoms with E-state index in [1.807, 2.05) is 6.07 Å². The first-order valence-electron chi connectivity index (χ1n) is 10.2. The van der Waals surface area contributed by atoms with Crippen LogP contribution in [0.15, 0.2) is 30.3 Å². The largest absolute Gasteiger partial charge is 0.383 e. The van der Waals surface area contributed by atoms with Crippen LogP contribution in [-0.2, 0) is 14.3 Å². The number of methoxy groups -OCH3 is 1. The van der Waals surface area contributed by atoms with Crippen LogP contribution in [0, 0.1) is 0 Å². The number of halogens is 2. The van der Waals surface area contributed by atoms with Gasteiger partial charge >= 0.3 is 0 Å². The fourth-order valence-corrected chi connectivity index (χ4v) is 3.95. The molecule has 0 aliphatic carbocycles. The summed E-state index contributed by atoms with van der Waals surface area (Å²) in [6.45, 7) is 0.463. The standard InChI is InChI=1S/C21H28F2N4O4/c1-25(13-18(28)24-8-9-31-2)20(30)17-10-21(22,23)14-27(17)16-11-26(12-16)19(29)15-6-4-3-5-7-15/h3-7,16-17H,8-14H2,1-2H3,(H,24,28)/t17-/m0/s1. The van der Waals surface area contributed by atoms with E-state index in [-0.39, 0.29) is 37.5 Å². The van der Waals surface area contributed by atoms with E-state index in [2.05, 4.69) is 5.32 Å². The fraction of sp³-hybridized carbons (Fsp3) is 0.571. The highest BCUT2D eigenvalue weighted by Crippen LogP contribution is 2.36. The van der Waals surface area contributed by atoms with Crippen molar-refractivity contribution in [2.45, 2.75) is 24.4 Å². The highest BCUT2D eigenvalue weighted by Gasteiger charge is 2.53. The molecule has 2 aliphatic heterocycles. The van der Waals surface area contributed by atoms with Crippen LogP contribution in [0.2, 0.25) is 0 Å². The topological polar surface area (TPSA) is 82.2 Å². The van der Waals surface area contributed by atoms with Gasteiger partial charge in [0.25, 0.3) is 11.8 Å². The Balaban J connectivity index is 1.58. The number of likely N-dealkylation sites (tertiary alicyclic amines) is 2. The number of nitrogens with one attached hydrogen (secondary N) is 1. The van der Waals surface area contributed by atoms with E-state index < -0.39 is 30.8 Å². The molecule has 0 aromatic heterocycles. The average Bonchev–Trinajstić information content (AvgIpc) is 3.02. The number of benzene rings is 1. The summed E-state index contributed by atoms with van der Waals surface area (Å²) in [5.74, 6) is -4.05. The summed E-state index contributed by atoms with van der Waals surface area (Å²) < 4.78 is 33.2. The second kappa shape index (κ2) is 9.69. The first-order valence-corrected chi connectivity index (χ1v) is 10.2. The molecule has 3 rings (SSSR count). The molecule has 0 bridgehead atoms. The molecule has 1 aromatic carbocycles. The molecule has 170 valence electrons. The van der Waals surface area contributed by atoms with Crippen molar-refractivity contribution in [2.75, 3.05) is 53.5 Å². The summed E-state index contributed by atoms with van der Waals surface area (Å²) in [6.07, 6.45) is -0.593. The van der Waals surface area contributed by atoms with E-state index in [1.54, 1.807) is 29.2 Å². The number of alkyl halides is 2. The first kappa shape index (κ1) is 23.1. The minimum atomic E-state index is -2.99. The zero-order valence-electron chi connectivity index (χ0n) is 17.7. The second-order valence-corrected chi connectivity index (χ2v) is 8.02. The number of amides is 3. The maximum absolute atomic E-state index is 14.2. The molecule has 0 radical (unpaired) electrons. The Bertz CT molecular complexity index is 802. The number of ether oxygens (including phenoxy) is 1. The van der Waals surface area contributed by atoms with Gasteiger partial charge in [0.2, 0.25) is 11.8 Å². The number of carbonyl (C=O) groups excluding carboxylic acids is 3. The Labute approximate surface area is 180 Å². The zero-order chi connectivity index (χ0) is 22.6. The van der Waals surface area contributed by atoms with Crippen molar-refractivity contribution in [3.8, 4) is 0 Å². The van der Waals surface area contributed by atoms with Gasteiger partial charge in [0.15, 0.2) is 0 Å². The summed E-state index contributed by atoms with van der Waals surface area (Å²) in [7, 11) is 2.94. The molecule has 31 heavy (non-hydrogen) atoms. The summed E-state index contributed by atoms with van der Waals surface area (Å²) in [6, 6.07) is 7.41. The van der Waals surface area contributed by atoms with Gasteiger partial charge in [0.1, 0.15) is 0 Å². The van der Waals surface area contributed by atoms with Crippen LogP contribution in [-0.4, -0.2) is 104 Å². The fourth-order valence-electron chi connectivity index (χ4n) is 3.95. The third-order valence-corrected chi connectivity index (χ3v) is 5.62. The van der Waals surface area contributed by atoms with Crippen molar-refractivity contribution in [1.82, 2.24) is 20.0 Å². The van der Waals surface area contributed by atoms with Gasteiger partial charge in [-0.15, -0.1) is 0 Å². The van der Waals surface area contributed by atoms with E-state index >= 15 is 0 Å². The molecule has 1 atom stereocenters. The lowest BCUT2D eigenvalue weighted by Gasteiger charge is -2.45. The Morgan fingerprint density at radius 3 is 2.55 bits per heavy atom.